The third-order valence-electron chi connectivity index (χ3n) is 2.35. The molecule has 0 aliphatic carbocycles. The van der Waals surface area contributed by atoms with Crippen molar-refractivity contribution in [1.82, 2.24) is 10.6 Å². The van der Waals surface area contributed by atoms with Crippen LogP contribution in [-0.2, 0) is 4.79 Å². The summed E-state index contributed by atoms with van der Waals surface area (Å²) >= 11 is 0. The van der Waals surface area contributed by atoms with Gasteiger partial charge in [0.25, 0.3) is 5.91 Å². The number of ether oxygens (including phenoxy) is 2. The molecule has 1 aromatic carbocycles. The Labute approximate surface area is 111 Å². The number of rotatable bonds is 4. The number of hydrogen-bond acceptors (Lipinski definition) is 5. The molecule has 0 aliphatic heterocycles. The molecule has 1 aromatic rings. The zero-order valence-corrected chi connectivity index (χ0v) is 11.0. The monoisotopic (exact) mass is 267 g/mol. The molecule has 3 amide bonds. The van der Waals surface area contributed by atoms with E-state index in [4.69, 9.17) is 15.2 Å². The van der Waals surface area contributed by atoms with Crippen molar-refractivity contribution in [1.29, 1.82) is 0 Å². The number of hydrogen-bond donors (Lipinski definition) is 3. The zero-order valence-electron chi connectivity index (χ0n) is 11.0. The number of methoxy groups -OCH3 is 1. The molecule has 4 N–H and O–H groups in total. The fourth-order valence-corrected chi connectivity index (χ4v) is 1.32. The van der Waals surface area contributed by atoms with Gasteiger partial charge in [0.05, 0.1) is 12.8 Å². The van der Waals surface area contributed by atoms with Crippen molar-refractivity contribution in [3.63, 3.8) is 0 Å². The second kappa shape index (κ2) is 6.48. The number of nitrogens with one attached hydrogen (secondary N) is 2. The third-order valence-corrected chi connectivity index (χ3v) is 2.35. The minimum Gasteiger partial charge on any atom is -0.495 e. The van der Waals surface area contributed by atoms with Gasteiger partial charge in [0.15, 0.2) is 6.10 Å². The van der Waals surface area contributed by atoms with E-state index in [1.807, 2.05) is 0 Å². The Bertz CT molecular complexity index is 476. The van der Waals surface area contributed by atoms with Gasteiger partial charge in [-0.3, -0.25) is 10.1 Å². The molecule has 0 saturated carbocycles. The van der Waals surface area contributed by atoms with Crippen LogP contribution in [0.3, 0.4) is 0 Å². The smallest absolute Gasteiger partial charge is 0.321 e. The van der Waals surface area contributed by atoms with Crippen LogP contribution in [0.2, 0.25) is 0 Å². The van der Waals surface area contributed by atoms with Gasteiger partial charge in [0, 0.05) is 13.1 Å². The molecule has 104 valence electrons. The first-order valence-electron chi connectivity index (χ1n) is 5.60. The number of amides is 3. The summed E-state index contributed by atoms with van der Waals surface area (Å²) in [6.45, 7) is 1.53. The van der Waals surface area contributed by atoms with Gasteiger partial charge in [-0.25, -0.2) is 4.79 Å². The van der Waals surface area contributed by atoms with Crippen molar-refractivity contribution in [2.75, 3.05) is 19.9 Å². The van der Waals surface area contributed by atoms with Gasteiger partial charge in [-0.2, -0.15) is 0 Å². The van der Waals surface area contributed by atoms with Crippen LogP contribution < -0.4 is 25.8 Å². The molecule has 0 aliphatic rings. The van der Waals surface area contributed by atoms with Gasteiger partial charge in [0.2, 0.25) is 0 Å². The highest BCUT2D eigenvalue weighted by atomic mass is 16.5. The van der Waals surface area contributed by atoms with E-state index >= 15 is 0 Å². The van der Waals surface area contributed by atoms with E-state index in [0.717, 1.165) is 0 Å². The minimum absolute atomic E-state index is 0.402. The Kier molecular flexibility index (Phi) is 4.99. The summed E-state index contributed by atoms with van der Waals surface area (Å²) in [6, 6.07) is 4.21. The number of carbonyl (C=O) groups is 2. The lowest BCUT2D eigenvalue weighted by molar-refractivity contribution is -0.126. The molecule has 0 radical (unpaired) electrons. The third kappa shape index (κ3) is 4.06. The van der Waals surface area contributed by atoms with Gasteiger partial charge >= 0.3 is 6.03 Å². The molecule has 0 bridgehead atoms. The predicted octanol–water partition coefficient (Wildman–Crippen LogP) is 0.500. The van der Waals surface area contributed by atoms with E-state index < -0.39 is 18.0 Å². The molecule has 0 heterocycles. The minimum atomic E-state index is -0.829. The van der Waals surface area contributed by atoms with Crippen LogP contribution >= 0.6 is 0 Å². The van der Waals surface area contributed by atoms with E-state index in [-0.39, 0.29) is 0 Å². The van der Waals surface area contributed by atoms with Gasteiger partial charge in [0.1, 0.15) is 11.5 Å². The summed E-state index contributed by atoms with van der Waals surface area (Å²) in [5.41, 5.74) is 6.12. The lowest BCUT2D eigenvalue weighted by Gasteiger charge is -2.15. The van der Waals surface area contributed by atoms with Gasteiger partial charge in [-0.1, -0.05) is 0 Å². The Morgan fingerprint density at radius 3 is 2.58 bits per heavy atom. The van der Waals surface area contributed by atoms with Crippen LogP contribution in [0.5, 0.6) is 11.5 Å². The van der Waals surface area contributed by atoms with Gasteiger partial charge < -0.3 is 20.5 Å². The van der Waals surface area contributed by atoms with Crippen molar-refractivity contribution < 1.29 is 19.1 Å². The van der Waals surface area contributed by atoms with E-state index in [0.29, 0.717) is 17.2 Å². The summed E-state index contributed by atoms with van der Waals surface area (Å²) in [4.78, 5) is 22.6. The number of urea groups is 1. The average molecular weight is 267 g/mol. The second-order valence-electron chi connectivity index (χ2n) is 3.73. The van der Waals surface area contributed by atoms with E-state index in [1.165, 1.54) is 21.1 Å². The predicted molar refractivity (Wildman–Crippen MR) is 70.1 cm³/mol. The number of imide groups is 1. The maximum atomic E-state index is 11.6. The van der Waals surface area contributed by atoms with Crippen molar-refractivity contribution in [3.05, 3.63) is 18.2 Å². The first-order valence-corrected chi connectivity index (χ1v) is 5.60. The summed E-state index contributed by atoms with van der Waals surface area (Å²) in [6.07, 6.45) is -0.829. The van der Waals surface area contributed by atoms with Crippen molar-refractivity contribution in [2.24, 2.45) is 0 Å². The largest absolute Gasteiger partial charge is 0.495 e. The topological polar surface area (TPSA) is 103 Å². The standard InChI is InChI=1S/C12H17N3O4/c1-7(11(16)15-12(17)14-2)19-8-4-5-10(18-3)9(13)6-8/h4-7H,13H2,1-3H3,(H2,14,15,16,17). The molecule has 0 spiro atoms. The molecule has 1 atom stereocenters. The summed E-state index contributed by atoms with van der Waals surface area (Å²) in [5.74, 6) is 0.390. The fourth-order valence-electron chi connectivity index (χ4n) is 1.32. The number of nitrogen functional groups attached to an aromatic ring is 1. The zero-order chi connectivity index (χ0) is 14.4. The van der Waals surface area contributed by atoms with Crippen LogP contribution in [0.15, 0.2) is 18.2 Å². The van der Waals surface area contributed by atoms with Gasteiger partial charge in [-0.15, -0.1) is 0 Å². The van der Waals surface area contributed by atoms with Crippen molar-refractivity contribution >= 4 is 17.6 Å². The van der Waals surface area contributed by atoms with Crippen molar-refractivity contribution in [3.8, 4) is 11.5 Å². The molecule has 7 nitrogen and oxygen atoms in total. The van der Waals surface area contributed by atoms with E-state index in [9.17, 15) is 9.59 Å². The number of anilines is 1. The maximum absolute atomic E-state index is 11.6. The molecule has 19 heavy (non-hydrogen) atoms. The number of nitrogens with two attached hydrogens (primary N) is 1. The molecular formula is C12H17N3O4. The SMILES string of the molecule is CNC(=O)NC(=O)C(C)Oc1ccc(OC)c(N)c1. The second-order valence-corrected chi connectivity index (χ2v) is 3.73. The molecule has 1 unspecified atom stereocenters. The summed E-state index contributed by atoms with van der Waals surface area (Å²) in [7, 11) is 2.92. The van der Waals surface area contributed by atoms with Gasteiger partial charge in [-0.05, 0) is 19.1 Å². The average Bonchev–Trinajstić information content (AvgIpc) is 2.38. The van der Waals surface area contributed by atoms with E-state index in [2.05, 4.69) is 10.6 Å². The molecule has 0 fully saturated rings. The Morgan fingerprint density at radius 2 is 2.05 bits per heavy atom. The normalized spacial score (nSPS) is 11.3. The van der Waals surface area contributed by atoms with Crippen LogP contribution in [0, 0.1) is 0 Å². The summed E-state index contributed by atoms with van der Waals surface area (Å²) < 4.78 is 10.4. The molecule has 0 aromatic heterocycles. The van der Waals surface area contributed by atoms with Crippen LogP contribution in [0.4, 0.5) is 10.5 Å². The van der Waals surface area contributed by atoms with Crippen molar-refractivity contribution in [2.45, 2.75) is 13.0 Å². The highest BCUT2D eigenvalue weighted by Crippen LogP contribution is 2.26. The Balaban J connectivity index is 2.66. The maximum Gasteiger partial charge on any atom is 0.321 e. The Morgan fingerprint density at radius 1 is 1.37 bits per heavy atom. The van der Waals surface area contributed by atoms with Crippen LogP contribution in [0.25, 0.3) is 0 Å². The van der Waals surface area contributed by atoms with Crippen LogP contribution in [-0.4, -0.2) is 32.2 Å². The number of carbonyl (C=O) groups excluding carboxylic acids is 2. The van der Waals surface area contributed by atoms with E-state index in [1.54, 1.807) is 18.2 Å². The highest BCUT2D eigenvalue weighted by molar-refractivity contribution is 5.96. The lowest BCUT2D eigenvalue weighted by atomic mass is 10.2. The fraction of sp³-hybridized carbons (Fsp3) is 0.333. The summed E-state index contributed by atoms with van der Waals surface area (Å²) in [5, 5.41) is 4.39. The first kappa shape index (κ1) is 14.6. The molecule has 0 saturated heterocycles. The quantitative estimate of drug-likeness (QED) is 0.689. The van der Waals surface area contributed by atoms with Crippen LogP contribution in [0.1, 0.15) is 6.92 Å². The molecule has 1 rings (SSSR count). The molecular weight excluding hydrogens is 250 g/mol. The Hall–Kier alpha value is -2.44. The number of benzene rings is 1. The highest BCUT2D eigenvalue weighted by Gasteiger charge is 2.17. The first-order chi connectivity index (χ1) is 8.97. The molecule has 7 heteroatoms. The lowest BCUT2D eigenvalue weighted by Crippen LogP contribution is -2.43.